The maximum atomic E-state index is 12.2. The van der Waals surface area contributed by atoms with Crippen molar-refractivity contribution in [2.45, 2.75) is 18.1 Å². The van der Waals surface area contributed by atoms with Crippen LogP contribution in [0.15, 0.2) is 24.3 Å². The van der Waals surface area contributed by atoms with E-state index in [1.807, 2.05) is 0 Å². The predicted octanol–water partition coefficient (Wildman–Crippen LogP) is -0.540. The molecule has 9 nitrogen and oxygen atoms in total. The Bertz CT molecular complexity index is 923. The highest BCUT2D eigenvalue weighted by Crippen LogP contribution is 2.45. The van der Waals surface area contributed by atoms with Crippen LogP contribution >= 0.6 is 0 Å². The van der Waals surface area contributed by atoms with Crippen molar-refractivity contribution < 1.29 is 38.8 Å². The monoisotopic (exact) mass is 331 g/mol. The normalized spacial score (nSPS) is 25.9. The number of fused-ring (bicyclic) bond motifs is 4. The number of benzene rings is 1. The molecule has 0 saturated heterocycles. The van der Waals surface area contributed by atoms with Gasteiger partial charge >= 0.3 is 17.9 Å². The Morgan fingerprint density at radius 2 is 1.83 bits per heavy atom. The minimum Gasteiger partial charge on any atom is -0.421 e. The number of carbonyl (C=O) groups excluding carboxylic acids is 3. The lowest BCUT2D eigenvalue weighted by atomic mass is 9.92. The van der Waals surface area contributed by atoms with Crippen molar-refractivity contribution in [2.24, 2.45) is 0 Å². The third-order valence-corrected chi connectivity index (χ3v) is 3.82. The fourth-order valence-electron chi connectivity index (χ4n) is 2.58. The van der Waals surface area contributed by atoms with E-state index in [4.69, 9.17) is 14.2 Å². The van der Waals surface area contributed by atoms with Crippen molar-refractivity contribution in [3.63, 3.8) is 0 Å². The molecule has 2 aliphatic rings. The summed E-state index contributed by atoms with van der Waals surface area (Å²) in [4.78, 5) is 40.3. The largest absolute Gasteiger partial charge is 0.421 e. The molecule has 0 spiro atoms. The average Bonchev–Trinajstić information content (AvgIpc) is 2.54. The van der Waals surface area contributed by atoms with Gasteiger partial charge in [0.25, 0.3) is 5.88 Å². The van der Waals surface area contributed by atoms with Crippen molar-refractivity contribution in [3.8, 4) is 17.4 Å². The highest BCUT2D eigenvalue weighted by Gasteiger charge is 2.55. The first-order valence-electron chi connectivity index (χ1n) is 6.88. The summed E-state index contributed by atoms with van der Waals surface area (Å²) in [5.41, 5.74) is -2.50. The van der Waals surface area contributed by atoms with Crippen LogP contribution in [-0.2, 0) is 14.4 Å². The predicted molar refractivity (Wildman–Crippen MR) is 74.2 cm³/mol. The fourth-order valence-corrected chi connectivity index (χ4v) is 2.58. The van der Waals surface area contributed by atoms with Gasteiger partial charge in [-0.25, -0.2) is 14.6 Å². The molecule has 3 heterocycles. The van der Waals surface area contributed by atoms with Crippen molar-refractivity contribution in [1.82, 2.24) is 4.98 Å². The second-order valence-electron chi connectivity index (χ2n) is 5.38. The number of pyridine rings is 1. The zero-order valence-electron chi connectivity index (χ0n) is 11.9. The lowest BCUT2D eigenvalue weighted by Gasteiger charge is -2.32. The first-order chi connectivity index (χ1) is 11.4. The van der Waals surface area contributed by atoms with E-state index in [1.54, 1.807) is 24.3 Å². The van der Waals surface area contributed by atoms with E-state index in [0.717, 1.165) is 0 Å². The van der Waals surface area contributed by atoms with E-state index >= 15 is 0 Å². The number of hydrogen-bond donors (Lipinski definition) is 2. The molecule has 0 saturated carbocycles. The number of esters is 3. The number of hydrogen-bond acceptors (Lipinski definition) is 9. The Labute approximate surface area is 133 Å². The highest BCUT2D eigenvalue weighted by molar-refractivity contribution is 6.00. The van der Waals surface area contributed by atoms with Crippen LogP contribution in [-0.4, -0.2) is 44.8 Å². The molecule has 0 fully saturated rings. The Morgan fingerprint density at radius 1 is 1.08 bits per heavy atom. The Balaban J connectivity index is 2.08. The molecule has 2 bridgehead atoms. The minimum absolute atomic E-state index is 0.153. The molecule has 0 aliphatic carbocycles. The van der Waals surface area contributed by atoms with Crippen LogP contribution in [0.2, 0.25) is 0 Å². The van der Waals surface area contributed by atoms with Crippen LogP contribution in [0.25, 0.3) is 10.9 Å². The maximum absolute atomic E-state index is 12.2. The van der Waals surface area contributed by atoms with Crippen LogP contribution in [0.5, 0.6) is 17.4 Å². The number of aliphatic hydroxyl groups excluding tert-OH is 1. The Morgan fingerprint density at radius 3 is 2.62 bits per heavy atom. The van der Waals surface area contributed by atoms with Gasteiger partial charge in [-0.05, 0) is 12.1 Å². The van der Waals surface area contributed by atoms with Crippen LogP contribution in [0, 0.1) is 0 Å². The minimum atomic E-state index is -2.81. The molecule has 122 valence electrons. The van der Waals surface area contributed by atoms with E-state index in [-0.39, 0.29) is 5.75 Å². The summed E-state index contributed by atoms with van der Waals surface area (Å²) in [5.74, 6) is -4.74. The fraction of sp³-hybridized carbons (Fsp3) is 0.200. The third-order valence-electron chi connectivity index (χ3n) is 3.82. The van der Waals surface area contributed by atoms with Crippen LogP contribution in [0.4, 0.5) is 0 Å². The van der Waals surface area contributed by atoms with Gasteiger partial charge in [0.1, 0.15) is 0 Å². The molecule has 2 aromatic rings. The average molecular weight is 331 g/mol. The van der Waals surface area contributed by atoms with Gasteiger partial charge in [0.2, 0.25) is 11.4 Å². The second-order valence-corrected chi connectivity index (χ2v) is 5.38. The van der Waals surface area contributed by atoms with Crippen LogP contribution in [0.3, 0.4) is 0 Å². The molecule has 4 rings (SSSR count). The van der Waals surface area contributed by atoms with E-state index in [1.165, 1.54) is 0 Å². The van der Waals surface area contributed by atoms with E-state index in [9.17, 15) is 24.6 Å². The molecule has 9 heteroatoms. The summed E-state index contributed by atoms with van der Waals surface area (Å²) in [7, 11) is 0. The number of rotatable bonds is 0. The maximum Gasteiger partial charge on any atom is 0.347 e. The molecule has 2 N–H and O–H groups in total. The van der Waals surface area contributed by atoms with E-state index in [2.05, 4.69) is 4.98 Å². The van der Waals surface area contributed by atoms with Crippen molar-refractivity contribution in [1.29, 1.82) is 0 Å². The first-order valence-corrected chi connectivity index (χ1v) is 6.88. The molecule has 2 unspecified atom stereocenters. The molecule has 0 amide bonds. The molecule has 1 aromatic carbocycles. The lowest BCUT2D eigenvalue weighted by Crippen LogP contribution is -2.59. The number of aliphatic hydroxyl groups is 2. The number of para-hydroxylation sites is 1. The van der Waals surface area contributed by atoms with Gasteiger partial charge in [-0.15, -0.1) is 0 Å². The smallest absolute Gasteiger partial charge is 0.347 e. The van der Waals surface area contributed by atoms with E-state index in [0.29, 0.717) is 10.9 Å². The molecule has 24 heavy (non-hydrogen) atoms. The standard InChI is InChI=1S/C15H9NO8/c17-8-5-15(21)11(18)13(19)24-12-10(23-14(15)20)9(22-8)6-3-1-2-4-7(6)16-12/h1-4,11,18,21H,5H2. The number of carbonyl (C=O) groups is 3. The third kappa shape index (κ3) is 1.88. The number of nitrogens with zero attached hydrogens (tertiary/aromatic N) is 1. The van der Waals surface area contributed by atoms with Gasteiger partial charge in [-0.3, -0.25) is 4.79 Å². The zero-order chi connectivity index (χ0) is 17.1. The van der Waals surface area contributed by atoms with Crippen molar-refractivity contribution in [2.75, 3.05) is 0 Å². The SMILES string of the molecule is O=C1CC2(O)C(=O)Oc3c(nc4ccccc4c3O1)OC(=O)C2O. The van der Waals surface area contributed by atoms with Gasteiger partial charge in [0.15, 0.2) is 11.9 Å². The molecular weight excluding hydrogens is 322 g/mol. The molecule has 0 radical (unpaired) electrons. The van der Waals surface area contributed by atoms with E-state index < -0.39 is 47.7 Å². The highest BCUT2D eigenvalue weighted by atomic mass is 16.6. The first kappa shape index (κ1) is 14.5. The van der Waals surface area contributed by atoms with Gasteiger partial charge in [0, 0.05) is 5.39 Å². The summed E-state index contributed by atoms with van der Waals surface area (Å²) in [6.07, 6.45) is -3.31. The zero-order valence-corrected chi connectivity index (χ0v) is 11.9. The summed E-state index contributed by atoms with van der Waals surface area (Å²) < 4.78 is 15.1. The Hall–Kier alpha value is -3.04. The van der Waals surface area contributed by atoms with Crippen LogP contribution < -0.4 is 14.2 Å². The summed E-state index contributed by atoms with van der Waals surface area (Å²) in [6, 6.07) is 6.45. The second kappa shape index (κ2) is 4.73. The van der Waals surface area contributed by atoms with Gasteiger partial charge < -0.3 is 24.4 Å². The Kier molecular flexibility index (Phi) is 2.87. The van der Waals surface area contributed by atoms with Gasteiger partial charge in [-0.1, -0.05) is 12.1 Å². The quantitative estimate of drug-likeness (QED) is 0.611. The molecule has 1 aromatic heterocycles. The summed E-state index contributed by atoms with van der Waals surface area (Å²) >= 11 is 0. The molecule has 2 aliphatic heterocycles. The van der Waals surface area contributed by atoms with Gasteiger partial charge in [-0.2, -0.15) is 0 Å². The summed E-state index contributed by atoms with van der Waals surface area (Å²) in [5, 5.41) is 20.5. The lowest BCUT2D eigenvalue weighted by molar-refractivity contribution is -0.187. The molecule has 2 atom stereocenters. The van der Waals surface area contributed by atoms with Gasteiger partial charge in [0.05, 0.1) is 11.9 Å². The van der Waals surface area contributed by atoms with Crippen molar-refractivity contribution >= 4 is 28.8 Å². The van der Waals surface area contributed by atoms with Crippen molar-refractivity contribution in [3.05, 3.63) is 24.3 Å². The van der Waals surface area contributed by atoms with Crippen LogP contribution in [0.1, 0.15) is 6.42 Å². The number of ether oxygens (including phenoxy) is 3. The molecular formula is C15H9NO8. The number of aromatic nitrogens is 1. The summed E-state index contributed by atoms with van der Waals surface area (Å²) in [6.45, 7) is 0. The topological polar surface area (TPSA) is 132 Å².